The number of allylic oxidation sites excluding steroid dienone is 1. The van der Waals surface area contributed by atoms with Gasteiger partial charge in [-0.05, 0) is 24.6 Å². The van der Waals surface area contributed by atoms with Crippen LogP contribution in [0.1, 0.15) is 31.9 Å². The third-order valence-electron chi connectivity index (χ3n) is 4.08. The summed E-state index contributed by atoms with van der Waals surface area (Å²) in [6, 6.07) is 16.6. The van der Waals surface area contributed by atoms with Gasteiger partial charge in [0.1, 0.15) is 12.4 Å². The molecule has 0 saturated heterocycles. The Morgan fingerprint density at radius 1 is 1.07 bits per heavy atom. The third-order valence-corrected chi connectivity index (χ3v) is 4.08. The number of benzene rings is 2. The first-order chi connectivity index (χ1) is 13.6. The van der Waals surface area contributed by atoms with Gasteiger partial charge in [-0.1, -0.05) is 68.8 Å². The van der Waals surface area contributed by atoms with E-state index in [9.17, 15) is 9.59 Å². The van der Waals surface area contributed by atoms with E-state index in [1.165, 1.54) is 0 Å². The second-order valence-corrected chi connectivity index (χ2v) is 7.70. The smallest absolute Gasteiger partial charge is 0.397 e. The summed E-state index contributed by atoms with van der Waals surface area (Å²) < 4.78 is 5.07. The molecule has 0 fully saturated rings. The SMILES string of the molecule is Cc1ccc(N=C(C=C(N)C(C)(C)C)NC(=O)C(=O)OCc2ccccc2)cc1. The molecule has 1 amide bonds. The maximum atomic E-state index is 12.3. The van der Waals surface area contributed by atoms with Crippen LogP contribution in [0.2, 0.25) is 0 Å². The Morgan fingerprint density at radius 3 is 2.28 bits per heavy atom. The number of hydrogen-bond donors (Lipinski definition) is 2. The molecule has 0 aliphatic rings. The lowest BCUT2D eigenvalue weighted by Gasteiger charge is -2.19. The van der Waals surface area contributed by atoms with Crippen LogP contribution in [0.5, 0.6) is 0 Å². The Balaban J connectivity index is 2.16. The minimum atomic E-state index is -0.992. The van der Waals surface area contributed by atoms with E-state index >= 15 is 0 Å². The van der Waals surface area contributed by atoms with Gasteiger partial charge in [0.05, 0.1) is 5.69 Å². The van der Waals surface area contributed by atoms with E-state index in [4.69, 9.17) is 10.5 Å². The summed E-state index contributed by atoms with van der Waals surface area (Å²) in [7, 11) is 0. The molecule has 0 aliphatic heterocycles. The molecule has 3 N–H and O–H groups in total. The van der Waals surface area contributed by atoms with Gasteiger partial charge in [0.2, 0.25) is 0 Å². The van der Waals surface area contributed by atoms with Crippen LogP contribution in [0.3, 0.4) is 0 Å². The lowest BCUT2D eigenvalue weighted by atomic mass is 9.92. The number of ether oxygens (including phenoxy) is 1. The molecule has 0 unspecified atom stereocenters. The standard InChI is InChI=1S/C23H27N3O3/c1-16-10-12-18(13-11-16)25-20(14-19(24)23(2,3)4)26-21(27)22(28)29-15-17-8-6-5-7-9-17/h5-14H,15,24H2,1-4H3,(H,25,26,27). The lowest BCUT2D eigenvalue weighted by molar-refractivity contribution is -0.155. The quantitative estimate of drug-likeness (QED) is 0.358. The molecule has 2 rings (SSSR count). The highest BCUT2D eigenvalue weighted by atomic mass is 16.5. The van der Waals surface area contributed by atoms with Crippen molar-refractivity contribution in [2.45, 2.75) is 34.3 Å². The second kappa shape index (κ2) is 9.68. The Kier molecular flexibility index (Phi) is 7.31. The van der Waals surface area contributed by atoms with Crippen LogP contribution < -0.4 is 11.1 Å². The van der Waals surface area contributed by atoms with Gasteiger partial charge < -0.3 is 15.8 Å². The Labute approximate surface area is 171 Å². The van der Waals surface area contributed by atoms with E-state index in [2.05, 4.69) is 10.3 Å². The van der Waals surface area contributed by atoms with E-state index in [0.29, 0.717) is 11.4 Å². The van der Waals surface area contributed by atoms with Crippen LogP contribution in [0.15, 0.2) is 71.4 Å². The van der Waals surface area contributed by atoms with Gasteiger partial charge in [-0.3, -0.25) is 4.79 Å². The fraction of sp³-hybridized carbons (Fsp3) is 0.261. The van der Waals surface area contributed by atoms with Crippen LogP contribution in [0, 0.1) is 12.3 Å². The predicted octanol–water partition coefficient (Wildman–Crippen LogP) is 3.77. The van der Waals surface area contributed by atoms with Crippen molar-refractivity contribution in [2.75, 3.05) is 0 Å². The number of amides is 1. The summed E-state index contributed by atoms with van der Waals surface area (Å²) in [6.07, 6.45) is 1.56. The first-order valence-electron chi connectivity index (χ1n) is 9.30. The molecule has 2 aromatic rings. The molecule has 0 aromatic heterocycles. The van der Waals surface area contributed by atoms with Gasteiger partial charge in [0.15, 0.2) is 0 Å². The van der Waals surface area contributed by atoms with Gasteiger partial charge in [-0.2, -0.15) is 0 Å². The van der Waals surface area contributed by atoms with E-state index in [0.717, 1.165) is 11.1 Å². The highest BCUT2D eigenvalue weighted by Gasteiger charge is 2.19. The topological polar surface area (TPSA) is 93.8 Å². The second-order valence-electron chi connectivity index (χ2n) is 7.70. The monoisotopic (exact) mass is 393 g/mol. The molecule has 0 heterocycles. The molecule has 6 nitrogen and oxygen atoms in total. The Hall–Kier alpha value is -3.41. The van der Waals surface area contributed by atoms with E-state index < -0.39 is 11.9 Å². The first-order valence-corrected chi connectivity index (χ1v) is 9.30. The highest BCUT2D eigenvalue weighted by molar-refractivity contribution is 6.36. The zero-order chi connectivity index (χ0) is 21.4. The van der Waals surface area contributed by atoms with Crippen molar-refractivity contribution in [3.05, 3.63) is 77.5 Å². The van der Waals surface area contributed by atoms with Crippen molar-refractivity contribution in [1.82, 2.24) is 5.32 Å². The highest BCUT2D eigenvalue weighted by Crippen LogP contribution is 2.21. The molecule has 0 spiro atoms. The number of amidine groups is 1. The molecule has 152 valence electrons. The molecule has 0 aliphatic carbocycles. The van der Waals surface area contributed by atoms with Crippen molar-refractivity contribution in [3.8, 4) is 0 Å². The molecule has 2 aromatic carbocycles. The largest absolute Gasteiger partial charge is 0.454 e. The molecule has 6 heteroatoms. The maximum Gasteiger partial charge on any atom is 0.397 e. The number of carbonyl (C=O) groups excluding carboxylic acids is 2. The van der Waals surface area contributed by atoms with Crippen LogP contribution in [-0.4, -0.2) is 17.7 Å². The molecule has 0 bridgehead atoms. The maximum absolute atomic E-state index is 12.3. The van der Waals surface area contributed by atoms with Crippen molar-refractivity contribution < 1.29 is 14.3 Å². The Bertz CT molecular complexity index is 909. The van der Waals surface area contributed by atoms with Crippen LogP contribution in [0.4, 0.5) is 5.69 Å². The fourth-order valence-electron chi connectivity index (χ4n) is 2.17. The Morgan fingerprint density at radius 2 is 1.69 bits per heavy atom. The summed E-state index contributed by atoms with van der Waals surface area (Å²) in [5.74, 6) is -1.74. The van der Waals surface area contributed by atoms with Crippen LogP contribution >= 0.6 is 0 Å². The normalized spacial score (nSPS) is 12.4. The molecular weight excluding hydrogens is 366 g/mol. The van der Waals surface area contributed by atoms with Crippen molar-refractivity contribution in [2.24, 2.45) is 16.1 Å². The zero-order valence-electron chi connectivity index (χ0n) is 17.2. The number of nitrogens with two attached hydrogens (primary N) is 1. The number of aliphatic imine (C=N–C) groups is 1. The van der Waals surface area contributed by atoms with E-state index in [1.807, 2.05) is 82.3 Å². The summed E-state index contributed by atoms with van der Waals surface area (Å²) in [5.41, 5.74) is 8.82. The average Bonchev–Trinajstić information content (AvgIpc) is 2.67. The van der Waals surface area contributed by atoms with Gasteiger partial charge in [0.25, 0.3) is 0 Å². The summed E-state index contributed by atoms with van der Waals surface area (Å²) in [6.45, 7) is 7.81. The van der Waals surface area contributed by atoms with Gasteiger partial charge in [-0.15, -0.1) is 0 Å². The number of nitrogens with zero attached hydrogens (tertiary/aromatic N) is 1. The molecule has 0 saturated carbocycles. The summed E-state index contributed by atoms with van der Waals surface area (Å²) in [5, 5.41) is 2.50. The fourth-order valence-corrected chi connectivity index (χ4v) is 2.17. The molecule has 0 radical (unpaired) electrons. The van der Waals surface area contributed by atoms with Crippen molar-refractivity contribution >= 4 is 23.4 Å². The average molecular weight is 393 g/mol. The number of carbonyl (C=O) groups is 2. The van der Waals surface area contributed by atoms with E-state index in [1.54, 1.807) is 6.08 Å². The molecule has 0 atom stereocenters. The number of aryl methyl sites for hydroxylation is 1. The van der Waals surface area contributed by atoms with Gasteiger partial charge in [-0.25, -0.2) is 9.79 Å². The number of nitrogens with one attached hydrogen (secondary N) is 1. The van der Waals surface area contributed by atoms with Crippen molar-refractivity contribution in [1.29, 1.82) is 0 Å². The van der Waals surface area contributed by atoms with Crippen LogP contribution in [0.25, 0.3) is 0 Å². The number of hydrogen-bond acceptors (Lipinski definition) is 5. The lowest BCUT2D eigenvalue weighted by Crippen LogP contribution is -2.37. The summed E-state index contributed by atoms with van der Waals surface area (Å²) >= 11 is 0. The third kappa shape index (κ3) is 7.25. The minimum Gasteiger partial charge on any atom is -0.454 e. The first kappa shape index (κ1) is 21.9. The van der Waals surface area contributed by atoms with Gasteiger partial charge in [0, 0.05) is 17.2 Å². The predicted molar refractivity (Wildman–Crippen MR) is 114 cm³/mol. The molecule has 29 heavy (non-hydrogen) atoms. The number of rotatable bonds is 4. The zero-order valence-corrected chi connectivity index (χ0v) is 17.2. The number of esters is 1. The van der Waals surface area contributed by atoms with Crippen molar-refractivity contribution in [3.63, 3.8) is 0 Å². The molecular formula is C23H27N3O3. The van der Waals surface area contributed by atoms with Gasteiger partial charge >= 0.3 is 11.9 Å². The van der Waals surface area contributed by atoms with E-state index in [-0.39, 0.29) is 17.9 Å². The summed E-state index contributed by atoms with van der Waals surface area (Å²) in [4.78, 5) is 28.8. The van der Waals surface area contributed by atoms with Crippen LogP contribution in [-0.2, 0) is 20.9 Å². The minimum absolute atomic E-state index is 0.0114.